The van der Waals surface area contributed by atoms with E-state index in [0.29, 0.717) is 5.11 Å². The molecule has 0 aromatic heterocycles. The second-order valence-corrected chi connectivity index (χ2v) is 1.73. The highest BCUT2D eigenvalue weighted by molar-refractivity contribution is 7.80. The monoisotopic (exact) mass is 177 g/mol. The Kier molecular flexibility index (Phi) is 13.8. The van der Waals surface area contributed by atoms with Gasteiger partial charge in [0.15, 0.2) is 5.11 Å². The van der Waals surface area contributed by atoms with Crippen LogP contribution in [-0.2, 0) is 0 Å². The molecule has 0 saturated heterocycles. The Balaban J connectivity index is 0. The number of hydrogen-bond donors (Lipinski definition) is 2. The minimum atomic E-state index is 0.676. The first-order chi connectivity index (χ1) is 4.72. The molecule has 0 radical (unpaired) electrons. The topological polar surface area (TPSA) is 36.4 Å². The van der Waals surface area contributed by atoms with Crippen LogP contribution in [0.3, 0.4) is 0 Å². The van der Waals surface area contributed by atoms with E-state index >= 15 is 0 Å². The van der Waals surface area contributed by atoms with Gasteiger partial charge in [-0.05, 0) is 24.4 Å². The number of rotatable bonds is 0. The van der Waals surface area contributed by atoms with Crippen LogP contribution in [0.4, 0.5) is 0 Å². The minimum absolute atomic E-state index is 0.676. The summed E-state index contributed by atoms with van der Waals surface area (Å²) in [7, 11) is 5.14. The van der Waals surface area contributed by atoms with Gasteiger partial charge in [-0.25, -0.2) is 4.99 Å². The quantitative estimate of drug-likeness (QED) is 0.415. The summed E-state index contributed by atoms with van der Waals surface area (Å²) in [6.07, 6.45) is 0. The molecule has 0 aliphatic carbocycles. The molecule has 10 heavy (non-hydrogen) atoms. The highest BCUT2D eigenvalue weighted by atomic mass is 32.1. The van der Waals surface area contributed by atoms with E-state index < -0.39 is 0 Å². The number of isothiocyanates is 1. The minimum Gasteiger partial charge on any atom is -0.366 e. The number of nitrogens with one attached hydrogen (secondary N) is 2. The Bertz CT molecular complexity index is 123. The van der Waals surface area contributed by atoms with Gasteiger partial charge in [0.1, 0.15) is 0 Å². The molecule has 0 aromatic carbocycles. The van der Waals surface area contributed by atoms with E-state index in [2.05, 4.69) is 45.2 Å². The van der Waals surface area contributed by atoms with Crippen LogP contribution in [0.2, 0.25) is 0 Å². The van der Waals surface area contributed by atoms with E-state index in [-0.39, 0.29) is 0 Å². The third-order valence-corrected chi connectivity index (χ3v) is 1.14. The molecule has 5 heteroatoms. The van der Waals surface area contributed by atoms with Crippen LogP contribution >= 0.6 is 24.4 Å². The zero-order chi connectivity index (χ0) is 8.41. The van der Waals surface area contributed by atoms with Crippen molar-refractivity contribution in [2.24, 2.45) is 4.99 Å². The molecule has 0 spiro atoms. The van der Waals surface area contributed by atoms with Gasteiger partial charge in [-0.15, -0.1) is 0 Å². The van der Waals surface area contributed by atoms with Crippen LogP contribution < -0.4 is 10.6 Å². The van der Waals surface area contributed by atoms with Crippen LogP contribution in [0.15, 0.2) is 4.99 Å². The maximum absolute atomic E-state index is 4.63. The summed E-state index contributed by atoms with van der Waals surface area (Å²) in [6.45, 7) is 0. The first kappa shape index (κ1) is 12.2. The summed E-state index contributed by atoms with van der Waals surface area (Å²) in [5.74, 6) is 0. The van der Waals surface area contributed by atoms with Crippen LogP contribution in [0.5, 0.6) is 0 Å². The van der Waals surface area contributed by atoms with Crippen molar-refractivity contribution in [3.8, 4) is 0 Å². The molecule has 0 saturated carbocycles. The van der Waals surface area contributed by atoms with Crippen molar-refractivity contribution in [1.82, 2.24) is 10.6 Å². The van der Waals surface area contributed by atoms with Gasteiger partial charge in [0.05, 0.1) is 5.16 Å². The van der Waals surface area contributed by atoms with Gasteiger partial charge in [0.25, 0.3) is 0 Å². The van der Waals surface area contributed by atoms with Gasteiger partial charge in [-0.1, -0.05) is 0 Å². The number of aliphatic imine (C=N–C) groups is 1. The summed E-state index contributed by atoms with van der Waals surface area (Å²) in [6, 6.07) is 0. The highest BCUT2D eigenvalue weighted by Gasteiger charge is 1.75. The molecule has 0 heterocycles. The Morgan fingerprint density at radius 1 is 1.40 bits per heavy atom. The van der Waals surface area contributed by atoms with Crippen molar-refractivity contribution >= 4 is 34.7 Å². The van der Waals surface area contributed by atoms with E-state index in [9.17, 15) is 0 Å². The maximum atomic E-state index is 4.63. The normalized spacial score (nSPS) is 5.90. The third-order valence-electron chi connectivity index (χ3n) is 0.545. The lowest BCUT2D eigenvalue weighted by Gasteiger charge is -1.95. The molecule has 3 nitrogen and oxygen atoms in total. The highest BCUT2D eigenvalue weighted by Crippen LogP contribution is 1.52. The third kappa shape index (κ3) is 15.6. The maximum Gasteiger partial charge on any atom is 0.165 e. The number of hydrogen-bond acceptors (Lipinski definition) is 3. The zero-order valence-electron chi connectivity index (χ0n) is 6.26. The summed E-state index contributed by atoms with van der Waals surface area (Å²) < 4.78 is 0. The van der Waals surface area contributed by atoms with Gasteiger partial charge in [0, 0.05) is 21.1 Å². The molecule has 58 valence electrons. The Morgan fingerprint density at radius 3 is 1.70 bits per heavy atom. The first-order valence-corrected chi connectivity index (χ1v) is 3.40. The van der Waals surface area contributed by atoms with Gasteiger partial charge in [0.2, 0.25) is 0 Å². The number of nitrogens with zero attached hydrogens (tertiary/aromatic N) is 1. The average molecular weight is 177 g/mol. The predicted octanol–water partition coefficient (Wildman–Crippen LogP) is 0.429. The molecule has 0 rings (SSSR count). The fourth-order valence-corrected chi connectivity index (χ4v) is 0.125. The second kappa shape index (κ2) is 11.3. The number of thiocarbonyl (C=S) groups is 2. The summed E-state index contributed by atoms with van der Waals surface area (Å²) in [5, 5.41) is 8.28. The van der Waals surface area contributed by atoms with Gasteiger partial charge in [-0.3, -0.25) is 0 Å². The summed E-state index contributed by atoms with van der Waals surface area (Å²) in [4.78, 5) is 3.30. The summed E-state index contributed by atoms with van der Waals surface area (Å²) >= 11 is 8.77. The van der Waals surface area contributed by atoms with Gasteiger partial charge in [-0.2, -0.15) is 0 Å². The Hall–Kier alpha value is -0.510. The molecule has 0 aromatic rings. The van der Waals surface area contributed by atoms with Crippen LogP contribution in [-0.4, -0.2) is 31.4 Å². The van der Waals surface area contributed by atoms with E-state index in [4.69, 9.17) is 0 Å². The molecule has 0 amide bonds. The standard InChI is InChI=1S/C3H8N2S.C2H3NS/c1-4-3(6)5-2;1-3-2-4/h1-2H3,(H2,4,5,6);1H3. The molecule has 2 N–H and O–H groups in total. The van der Waals surface area contributed by atoms with E-state index in [0.717, 1.165) is 0 Å². The fraction of sp³-hybridized carbons (Fsp3) is 0.600. The zero-order valence-corrected chi connectivity index (χ0v) is 7.90. The SMILES string of the molecule is CN=C=S.CNC(=S)NC. The van der Waals surface area contributed by atoms with Crippen LogP contribution in [0.1, 0.15) is 0 Å². The average Bonchev–Trinajstić information content (AvgIpc) is 2.03. The molecular formula is C5H11N3S2. The smallest absolute Gasteiger partial charge is 0.165 e. The van der Waals surface area contributed by atoms with E-state index in [1.165, 1.54) is 0 Å². The van der Waals surface area contributed by atoms with Crippen molar-refractivity contribution in [3.05, 3.63) is 0 Å². The lowest BCUT2D eigenvalue weighted by molar-refractivity contribution is 1.06. The molecule has 0 aliphatic heterocycles. The molecule has 0 aliphatic rings. The van der Waals surface area contributed by atoms with Crippen molar-refractivity contribution in [1.29, 1.82) is 0 Å². The van der Waals surface area contributed by atoms with Crippen LogP contribution in [0, 0.1) is 0 Å². The molecule has 0 unspecified atom stereocenters. The van der Waals surface area contributed by atoms with Crippen molar-refractivity contribution in [3.63, 3.8) is 0 Å². The van der Waals surface area contributed by atoms with E-state index in [1.54, 1.807) is 21.1 Å². The second-order valence-electron chi connectivity index (χ2n) is 1.14. The lowest BCUT2D eigenvalue weighted by atomic mass is 11.0. The van der Waals surface area contributed by atoms with Crippen molar-refractivity contribution < 1.29 is 0 Å². The van der Waals surface area contributed by atoms with Crippen molar-refractivity contribution in [2.75, 3.05) is 21.1 Å². The van der Waals surface area contributed by atoms with Gasteiger partial charge >= 0.3 is 0 Å². The Morgan fingerprint density at radius 2 is 1.70 bits per heavy atom. The first-order valence-electron chi connectivity index (χ1n) is 2.58. The fourth-order valence-electron chi connectivity index (χ4n) is 0.125. The van der Waals surface area contributed by atoms with Crippen molar-refractivity contribution in [2.45, 2.75) is 0 Å². The van der Waals surface area contributed by atoms with Gasteiger partial charge < -0.3 is 10.6 Å². The predicted molar refractivity (Wildman–Crippen MR) is 51.7 cm³/mol. The largest absolute Gasteiger partial charge is 0.366 e. The summed E-state index contributed by atoms with van der Waals surface area (Å²) in [5.41, 5.74) is 0. The lowest BCUT2D eigenvalue weighted by Crippen LogP contribution is -2.28. The molecule has 0 atom stereocenters. The van der Waals surface area contributed by atoms with Crippen LogP contribution in [0.25, 0.3) is 0 Å². The Labute approximate surface area is 71.9 Å². The molecule has 0 bridgehead atoms. The van der Waals surface area contributed by atoms with E-state index in [1.807, 2.05) is 0 Å². The molecular weight excluding hydrogens is 166 g/mol. The molecule has 0 fully saturated rings.